The molecule has 0 radical (unpaired) electrons. The number of phenolic OH excluding ortho intramolecular Hbond substituents is 3. The second-order valence-electron chi connectivity index (χ2n) is 5.38. The van der Waals surface area contributed by atoms with Gasteiger partial charge in [-0.3, -0.25) is 4.57 Å². The zero-order chi connectivity index (χ0) is 17.0. The smallest absolute Gasteiger partial charge is 0.356 e. The van der Waals surface area contributed by atoms with Gasteiger partial charge >= 0.3 is 7.60 Å². The molecule has 0 spiro atoms. The molecule has 0 atom stereocenters. The first kappa shape index (κ1) is 17.3. The quantitative estimate of drug-likeness (QED) is 0.407. The number of unbranched alkanes of at least 4 members (excludes halogenated alkanes) is 1. The van der Waals surface area contributed by atoms with Crippen molar-refractivity contribution in [3.63, 3.8) is 0 Å². The number of benzene rings is 2. The Hall–Kier alpha value is -2.01. The van der Waals surface area contributed by atoms with Crippen LogP contribution in [0.15, 0.2) is 36.4 Å². The Labute approximate surface area is 133 Å². The largest absolute Gasteiger partial charge is 0.508 e. The lowest BCUT2D eigenvalue weighted by Crippen LogP contribution is -2.11. The summed E-state index contributed by atoms with van der Waals surface area (Å²) >= 11 is 0. The van der Waals surface area contributed by atoms with Crippen molar-refractivity contribution in [3.8, 4) is 17.2 Å². The van der Waals surface area contributed by atoms with Gasteiger partial charge < -0.3 is 25.1 Å². The minimum Gasteiger partial charge on any atom is -0.508 e. The fourth-order valence-electron chi connectivity index (χ4n) is 2.44. The molecule has 2 aromatic rings. The van der Waals surface area contributed by atoms with E-state index in [2.05, 4.69) is 0 Å². The summed E-state index contributed by atoms with van der Waals surface area (Å²) < 4.78 is 11.5. The molecule has 0 aliphatic carbocycles. The monoisotopic (exact) mass is 338 g/mol. The van der Waals surface area contributed by atoms with Crippen molar-refractivity contribution in [2.45, 2.75) is 25.7 Å². The molecule has 0 fully saturated rings. The summed E-state index contributed by atoms with van der Waals surface area (Å²) in [7, 11) is -4.57. The van der Waals surface area contributed by atoms with Crippen molar-refractivity contribution in [2.24, 2.45) is 0 Å². The van der Waals surface area contributed by atoms with Gasteiger partial charge in [-0.1, -0.05) is 12.1 Å². The molecule has 0 aliphatic rings. The fraction of sp³-hybridized carbons (Fsp3) is 0.250. The van der Waals surface area contributed by atoms with Gasteiger partial charge in [-0.15, -0.1) is 0 Å². The van der Waals surface area contributed by atoms with Crippen LogP contribution in [0.5, 0.6) is 17.2 Å². The summed E-state index contributed by atoms with van der Waals surface area (Å²) in [4.78, 5) is 18.7. The maximum absolute atomic E-state index is 11.5. The summed E-state index contributed by atoms with van der Waals surface area (Å²) in [5, 5.41) is 28.1. The molecule has 0 aromatic heterocycles. The summed E-state index contributed by atoms with van der Waals surface area (Å²) in [5.41, 5.74) is 1.22. The van der Waals surface area contributed by atoms with Crippen LogP contribution in [-0.2, 0) is 17.4 Å². The Morgan fingerprint density at radius 1 is 0.826 bits per heavy atom. The minimum absolute atomic E-state index is 0.168. The van der Waals surface area contributed by atoms with E-state index in [1.807, 2.05) is 12.1 Å². The predicted octanol–water partition coefficient (Wildman–Crippen LogP) is 2.17. The number of hydrogen-bond donors (Lipinski definition) is 5. The molecule has 5 N–H and O–H groups in total. The van der Waals surface area contributed by atoms with Gasteiger partial charge in [0.15, 0.2) is 0 Å². The number of rotatable bonds is 6. The highest BCUT2D eigenvalue weighted by molar-refractivity contribution is 7.60. The van der Waals surface area contributed by atoms with Crippen LogP contribution in [0.1, 0.15) is 24.0 Å². The molecule has 124 valence electrons. The molecule has 0 saturated carbocycles. The van der Waals surface area contributed by atoms with Crippen LogP contribution in [0.2, 0.25) is 0 Å². The molecular formula is C16H19O6P. The molecule has 7 heteroatoms. The molecule has 23 heavy (non-hydrogen) atoms. The lowest BCUT2D eigenvalue weighted by atomic mass is 10.0. The van der Waals surface area contributed by atoms with Crippen molar-refractivity contribution in [3.05, 3.63) is 47.5 Å². The molecular weight excluding hydrogens is 319 g/mol. The lowest BCUT2D eigenvalue weighted by Gasteiger charge is -2.13. The third-order valence-corrected chi connectivity index (χ3v) is 4.61. The van der Waals surface area contributed by atoms with Crippen molar-refractivity contribution >= 4 is 12.9 Å². The van der Waals surface area contributed by atoms with Gasteiger partial charge in [0.05, 0.1) is 5.30 Å². The van der Waals surface area contributed by atoms with Crippen molar-refractivity contribution < 1.29 is 29.7 Å². The van der Waals surface area contributed by atoms with E-state index >= 15 is 0 Å². The number of phenols is 3. The van der Waals surface area contributed by atoms with Crippen LogP contribution in [0.3, 0.4) is 0 Å². The third kappa shape index (κ3) is 4.73. The molecule has 0 heterocycles. The first-order valence-corrected chi connectivity index (χ1v) is 8.77. The van der Waals surface area contributed by atoms with Crippen LogP contribution in [0.4, 0.5) is 0 Å². The normalized spacial score (nSPS) is 11.6. The van der Waals surface area contributed by atoms with E-state index in [1.165, 1.54) is 0 Å². The van der Waals surface area contributed by atoms with E-state index in [1.54, 1.807) is 12.1 Å². The van der Waals surface area contributed by atoms with Gasteiger partial charge in [0.2, 0.25) is 0 Å². The first-order chi connectivity index (χ1) is 10.8. The second kappa shape index (κ2) is 7.04. The van der Waals surface area contributed by atoms with Gasteiger partial charge in [-0.05, 0) is 49.4 Å². The topological polar surface area (TPSA) is 118 Å². The van der Waals surface area contributed by atoms with E-state index in [0.29, 0.717) is 12.8 Å². The van der Waals surface area contributed by atoms with E-state index in [-0.39, 0.29) is 28.1 Å². The molecule has 0 saturated heterocycles. The number of aryl methyl sites for hydroxylation is 1. The average molecular weight is 338 g/mol. The van der Waals surface area contributed by atoms with E-state index < -0.39 is 7.60 Å². The number of aromatic hydroxyl groups is 3. The molecule has 6 nitrogen and oxygen atoms in total. The minimum atomic E-state index is -4.57. The summed E-state index contributed by atoms with van der Waals surface area (Å²) in [6.07, 6.45) is 2.42. The predicted molar refractivity (Wildman–Crippen MR) is 86.2 cm³/mol. The van der Waals surface area contributed by atoms with E-state index in [4.69, 9.17) is 0 Å². The second-order valence-corrected chi connectivity index (χ2v) is 6.95. The first-order valence-electron chi connectivity index (χ1n) is 7.16. The van der Waals surface area contributed by atoms with Crippen molar-refractivity contribution in [1.29, 1.82) is 0 Å². The zero-order valence-corrected chi connectivity index (χ0v) is 13.3. The Morgan fingerprint density at radius 2 is 1.43 bits per heavy atom. The van der Waals surface area contributed by atoms with Gasteiger partial charge in [-0.25, -0.2) is 0 Å². The van der Waals surface area contributed by atoms with Gasteiger partial charge in [0, 0.05) is 11.6 Å². The van der Waals surface area contributed by atoms with Gasteiger partial charge in [0.25, 0.3) is 0 Å². The highest BCUT2D eigenvalue weighted by atomic mass is 31.2. The SMILES string of the molecule is O=P(O)(O)c1cc(O)cc(O)c1CCCCc1ccc(O)cc1. The van der Waals surface area contributed by atoms with Gasteiger partial charge in [-0.2, -0.15) is 0 Å². The summed E-state index contributed by atoms with van der Waals surface area (Å²) in [6.45, 7) is 0. The van der Waals surface area contributed by atoms with Crippen LogP contribution in [-0.4, -0.2) is 25.1 Å². The molecule has 2 rings (SSSR count). The summed E-state index contributed by atoms with van der Waals surface area (Å²) in [6, 6.07) is 8.91. The lowest BCUT2D eigenvalue weighted by molar-refractivity contribution is 0.385. The zero-order valence-electron chi connectivity index (χ0n) is 12.4. The van der Waals surface area contributed by atoms with E-state index in [9.17, 15) is 29.7 Å². The number of hydrogen-bond acceptors (Lipinski definition) is 4. The van der Waals surface area contributed by atoms with Crippen LogP contribution in [0.25, 0.3) is 0 Å². The Bertz CT molecular complexity index is 720. The highest BCUT2D eigenvalue weighted by Crippen LogP contribution is 2.39. The Balaban J connectivity index is 2.03. The molecule has 0 amide bonds. The van der Waals surface area contributed by atoms with E-state index in [0.717, 1.165) is 30.5 Å². The van der Waals surface area contributed by atoms with Crippen LogP contribution >= 0.6 is 7.60 Å². The maximum atomic E-state index is 11.5. The highest BCUT2D eigenvalue weighted by Gasteiger charge is 2.24. The average Bonchev–Trinajstić information content (AvgIpc) is 2.45. The van der Waals surface area contributed by atoms with Crippen LogP contribution in [0, 0.1) is 0 Å². The fourth-order valence-corrected chi connectivity index (χ4v) is 3.32. The van der Waals surface area contributed by atoms with Crippen LogP contribution < -0.4 is 5.30 Å². The molecule has 0 aliphatic heterocycles. The van der Waals surface area contributed by atoms with Gasteiger partial charge in [0.1, 0.15) is 17.2 Å². The van der Waals surface area contributed by atoms with Crippen molar-refractivity contribution in [1.82, 2.24) is 0 Å². The Kier molecular flexibility index (Phi) is 5.31. The molecule has 2 aromatic carbocycles. The summed E-state index contributed by atoms with van der Waals surface area (Å²) in [5.74, 6) is -0.490. The van der Waals surface area contributed by atoms with Crippen molar-refractivity contribution in [2.75, 3.05) is 0 Å². The Morgan fingerprint density at radius 3 is 2.04 bits per heavy atom. The standard InChI is InChI=1S/C16H19O6P/c17-12-7-5-11(6-8-12)3-1-2-4-14-15(19)9-13(18)10-16(14)23(20,21)22/h5-10,17-19H,1-4H2,(H2,20,21,22). The maximum Gasteiger partial charge on any atom is 0.356 e. The third-order valence-electron chi connectivity index (χ3n) is 3.58. The molecule has 0 bridgehead atoms. The molecule has 0 unspecified atom stereocenters.